The highest BCUT2D eigenvalue weighted by atomic mass is 79.9. The zero-order valence-corrected chi connectivity index (χ0v) is 15.4. The predicted molar refractivity (Wildman–Crippen MR) is 99.3 cm³/mol. The van der Waals surface area contributed by atoms with E-state index in [2.05, 4.69) is 21.1 Å². The van der Waals surface area contributed by atoms with Gasteiger partial charge in [-0.3, -0.25) is 19.7 Å². The van der Waals surface area contributed by atoms with E-state index in [4.69, 9.17) is 4.84 Å². The Bertz CT molecular complexity index is 987. The lowest BCUT2D eigenvalue weighted by Gasteiger charge is -2.21. The number of carbonyl (C=O) groups is 2. The molecule has 0 unspecified atom stereocenters. The van der Waals surface area contributed by atoms with Crippen molar-refractivity contribution in [2.45, 2.75) is 6.42 Å². The van der Waals surface area contributed by atoms with Crippen molar-refractivity contribution >= 4 is 44.8 Å². The number of nitro benzene ring substituents is 1. The fourth-order valence-electron chi connectivity index (χ4n) is 3.32. The summed E-state index contributed by atoms with van der Waals surface area (Å²) in [6.07, 6.45) is -0.0717. The highest BCUT2D eigenvalue weighted by Gasteiger charge is 2.59. The Balaban J connectivity index is 1.71. The van der Waals surface area contributed by atoms with Gasteiger partial charge in [-0.25, -0.2) is 4.90 Å². The van der Waals surface area contributed by atoms with Crippen LogP contribution in [0, 0.1) is 15.5 Å². The largest absolute Gasteiger partial charge is 0.394 e. The van der Waals surface area contributed by atoms with Crippen LogP contribution in [0.5, 0.6) is 0 Å². The standard InChI is InChI=1S/C18H12BrN3O5/c19-12-3-7-13(8-4-12)21-15(23)9-18(17(21)24)10-27-20-16(18)11-1-5-14(6-2-11)22(25)26/h1-8H,9-10H2/t18-/m1/s1. The highest BCUT2D eigenvalue weighted by Crippen LogP contribution is 2.42. The molecule has 9 heteroatoms. The summed E-state index contributed by atoms with van der Waals surface area (Å²) in [4.78, 5) is 42.5. The minimum atomic E-state index is -1.22. The van der Waals surface area contributed by atoms with Crippen LogP contribution in [0.2, 0.25) is 0 Å². The Morgan fingerprint density at radius 2 is 1.78 bits per heavy atom. The van der Waals surface area contributed by atoms with Crippen molar-refractivity contribution in [2.24, 2.45) is 10.6 Å². The summed E-state index contributed by atoms with van der Waals surface area (Å²) in [6, 6.07) is 12.5. The molecule has 0 N–H and O–H groups in total. The summed E-state index contributed by atoms with van der Waals surface area (Å²) in [5.74, 6) is -0.758. The molecule has 136 valence electrons. The van der Waals surface area contributed by atoms with Crippen molar-refractivity contribution in [3.8, 4) is 0 Å². The molecule has 1 spiro atoms. The van der Waals surface area contributed by atoms with E-state index in [-0.39, 0.29) is 24.6 Å². The van der Waals surface area contributed by atoms with Gasteiger partial charge in [-0.1, -0.05) is 21.1 Å². The number of hydrogen-bond acceptors (Lipinski definition) is 6. The van der Waals surface area contributed by atoms with E-state index in [1.165, 1.54) is 24.3 Å². The molecule has 2 amide bonds. The van der Waals surface area contributed by atoms with E-state index in [0.29, 0.717) is 17.0 Å². The Hall–Kier alpha value is -3.07. The van der Waals surface area contributed by atoms with Gasteiger partial charge in [-0.2, -0.15) is 0 Å². The van der Waals surface area contributed by atoms with E-state index in [9.17, 15) is 19.7 Å². The maximum atomic E-state index is 13.2. The van der Waals surface area contributed by atoms with Gasteiger partial charge >= 0.3 is 0 Å². The lowest BCUT2D eigenvalue weighted by molar-refractivity contribution is -0.384. The maximum Gasteiger partial charge on any atom is 0.269 e. The molecule has 1 atom stereocenters. The molecule has 0 radical (unpaired) electrons. The second-order valence-electron chi connectivity index (χ2n) is 6.29. The molecule has 0 aliphatic carbocycles. The lowest BCUT2D eigenvalue weighted by atomic mass is 9.79. The molecule has 27 heavy (non-hydrogen) atoms. The summed E-state index contributed by atoms with van der Waals surface area (Å²) >= 11 is 3.32. The minimum Gasteiger partial charge on any atom is -0.394 e. The van der Waals surface area contributed by atoms with Crippen LogP contribution in [0.4, 0.5) is 11.4 Å². The van der Waals surface area contributed by atoms with Crippen LogP contribution in [0.25, 0.3) is 0 Å². The van der Waals surface area contributed by atoms with E-state index >= 15 is 0 Å². The van der Waals surface area contributed by atoms with Gasteiger partial charge in [0.25, 0.3) is 5.69 Å². The zero-order valence-electron chi connectivity index (χ0n) is 13.8. The Morgan fingerprint density at radius 1 is 1.11 bits per heavy atom. The third-order valence-electron chi connectivity index (χ3n) is 4.67. The number of imide groups is 1. The summed E-state index contributed by atoms with van der Waals surface area (Å²) in [7, 11) is 0. The third-order valence-corrected chi connectivity index (χ3v) is 5.20. The molecule has 1 fully saturated rings. The third kappa shape index (κ3) is 2.71. The number of nitrogens with zero attached hydrogens (tertiary/aromatic N) is 3. The monoisotopic (exact) mass is 429 g/mol. The molecule has 8 nitrogen and oxygen atoms in total. The van der Waals surface area contributed by atoms with Crippen molar-refractivity contribution in [1.82, 2.24) is 0 Å². The Labute approximate surface area is 161 Å². The summed E-state index contributed by atoms with van der Waals surface area (Å²) in [5, 5.41) is 14.8. The van der Waals surface area contributed by atoms with Gasteiger partial charge in [0.15, 0.2) is 0 Å². The van der Waals surface area contributed by atoms with Crippen molar-refractivity contribution in [3.63, 3.8) is 0 Å². The second-order valence-corrected chi connectivity index (χ2v) is 7.20. The molecule has 4 rings (SSSR count). The number of hydrogen-bond donors (Lipinski definition) is 0. The second kappa shape index (κ2) is 6.27. The van der Waals surface area contributed by atoms with Crippen LogP contribution in [0.15, 0.2) is 58.2 Å². The SMILES string of the molecule is O=C1C[C@]2(CON=C2c2ccc([N+](=O)[O-])cc2)C(=O)N1c1ccc(Br)cc1. The van der Waals surface area contributed by atoms with Gasteiger partial charge in [-0.05, 0) is 36.4 Å². The van der Waals surface area contributed by atoms with Gasteiger partial charge in [-0.15, -0.1) is 0 Å². The van der Waals surface area contributed by atoms with Crippen LogP contribution in [0.3, 0.4) is 0 Å². The summed E-state index contributed by atoms with van der Waals surface area (Å²) < 4.78 is 0.831. The quantitative estimate of drug-likeness (QED) is 0.423. The van der Waals surface area contributed by atoms with E-state index in [0.717, 1.165) is 9.37 Å². The first-order chi connectivity index (χ1) is 12.9. The number of anilines is 1. The molecule has 2 heterocycles. The van der Waals surface area contributed by atoms with Crippen LogP contribution < -0.4 is 4.90 Å². The average molecular weight is 430 g/mol. The number of nitro groups is 1. The van der Waals surface area contributed by atoms with E-state index in [1.54, 1.807) is 24.3 Å². The molecular weight excluding hydrogens is 418 g/mol. The fourth-order valence-corrected chi connectivity index (χ4v) is 3.59. The first kappa shape index (κ1) is 17.3. The molecule has 0 saturated carbocycles. The van der Waals surface area contributed by atoms with Crippen LogP contribution >= 0.6 is 15.9 Å². The number of amides is 2. The molecule has 2 aromatic carbocycles. The average Bonchev–Trinajstić information content (AvgIpc) is 3.18. The van der Waals surface area contributed by atoms with Gasteiger partial charge in [0.2, 0.25) is 11.8 Å². The molecule has 0 bridgehead atoms. The lowest BCUT2D eigenvalue weighted by Crippen LogP contribution is -2.41. The van der Waals surface area contributed by atoms with Crippen molar-refractivity contribution in [3.05, 3.63) is 68.7 Å². The molecule has 2 aliphatic rings. The van der Waals surface area contributed by atoms with E-state index < -0.39 is 16.2 Å². The van der Waals surface area contributed by atoms with Gasteiger partial charge in [0, 0.05) is 22.2 Å². The van der Waals surface area contributed by atoms with Crippen LogP contribution in [-0.2, 0) is 14.4 Å². The Kier molecular flexibility index (Phi) is 4.03. The van der Waals surface area contributed by atoms with Gasteiger partial charge in [0.05, 0.1) is 17.0 Å². The fraction of sp³-hybridized carbons (Fsp3) is 0.167. The van der Waals surface area contributed by atoms with Crippen molar-refractivity contribution < 1.29 is 19.3 Å². The minimum absolute atomic E-state index is 0.0447. The smallest absolute Gasteiger partial charge is 0.269 e. The van der Waals surface area contributed by atoms with Crippen molar-refractivity contribution in [1.29, 1.82) is 0 Å². The van der Waals surface area contributed by atoms with Gasteiger partial charge < -0.3 is 4.84 Å². The molecule has 1 saturated heterocycles. The molecular formula is C18H12BrN3O5. The topological polar surface area (TPSA) is 102 Å². The number of benzene rings is 2. The van der Waals surface area contributed by atoms with E-state index in [1.807, 2.05) is 0 Å². The number of rotatable bonds is 3. The molecule has 2 aliphatic heterocycles. The van der Waals surface area contributed by atoms with Gasteiger partial charge in [0.1, 0.15) is 17.7 Å². The highest BCUT2D eigenvalue weighted by molar-refractivity contribution is 9.10. The molecule has 2 aromatic rings. The zero-order chi connectivity index (χ0) is 19.2. The molecule has 0 aromatic heterocycles. The maximum absolute atomic E-state index is 13.2. The normalized spacial score (nSPS) is 21.5. The summed E-state index contributed by atoms with van der Waals surface area (Å²) in [6.45, 7) is -0.0447. The first-order valence-corrected chi connectivity index (χ1v) is 8.80. The first-order valence-electron chi connectivity index (χ1n) is 8.01. The Morgan fingerprint density at radius 3 is 2.41 bits per heavy atom. The number of oxime groups is 1. The number of non-ortho nitro benzene ring substituents is 1. The number of carbonyl (C=O) groups excluding carboxylic acids is 2. The number of halogens is 1. The van der Waals surface area contributed by atoms with Crippen LogP contribution in [-0.4, -0.2) is 29.1 Å². The van der Waals surface area contributed by atoms with Crippen LogP contribution in [0.1, 0.15) is 12.0 Å². The summed E-state index contributed by atoms with van der Waals surface area (Å²) in [5.41, 5.74) is 0.00484. The predicted octanol–water partition coefficient (Wildman–Crippen LogP) is 3.04. The van der Waals surface area contributed by atoms with Crippen molar-refractivity contribution in [2.75, 3.05) is 11.5 Å².